The molecule has 0 heterocycles. The van der Waals surface area contributed by atoms with Crippen molar-refractivity contribution in [3.8, 4) is 0 Å². The molecule has 2 aromatic rings. The summed E-state index contributed by atoms with van der Waals surface area (Å²) in [4.78, 5) is 0. The summed E-state index contributed by atoms with van der Waals surface area (Å²) in [6.45, 7) is 21.1. The van der Waals surface area contributed by atoms with Crippen LogP contribution in [0.3, 0.4) is 0 Å². The molecule has 146 valence electrons. The molecule has 0 aromatic heterocycles. The van der Waals surface area contributed by atoms with E-state index in [2.05, 4.69) is 81.6 Å². The van der Waals surface area contributed by atoms with Gasteiger partial charge in [0.1, 0.15) is 0 Å². The maximum absolute atomic E-state index is 4.27. The Morgan fingerprint density at radius 2 is 1.50 bits per heavy atom. The fourth-order valence-electron chi connectivity index (χ4n) is 3.34. The van der Waals surface area contributed by atoms with Crippen molar-refractivity contribution in [2.75, 3.05) is 12.4 Å². The predicted octanol–water partition coefficient (Wildman–Crippen LogP) is 5.72. The van der Waals surface area contributed by atoms with Crippen LogP contribution in [0.4, 0.5) is 5.69 Å². The molecule has 28 heavy (non-hydrogen) atoms. The quantitative estimate of drug-likeness (QED) is 0.518. The molecule has 0 aliphatic carbocycles. The van der Waals surface area contributed by atoms with Gasteiger partial charge in [-0.1, -0.05) is 55.6 Å². The van der Waals surface area contributed by atoms with Crippen LogP contribution < -0.4 is 16.0 Å². The van der Waals surface area contributed by atoms with Crippen molar-refractivity contribution in [3.05, 3.63) is 107 Å². The second-order valence-corrected chi connectivity index (χ2v) is 7.12. The van der Waals surface area contributed by atoms with Crippen LogP contribution in [0.2, 0.25) is 0 Å². The van der Waals surface area contributed by atoms with Crippen LogP contribution >= 0.6 is 0 Å². The second-order valence-electron chi connectivity index (χ2n) is 7.12. The minimum atomic E-state index is 0.730. The molecule has 0 aliphatic heterocycles. The molecule has 0 bridgehead atoms. The molecule has 0 spiro atoms. The summed E-state index contributed by atoms with van der Waals surface area (Å²) in [5, 5.41) is 9.86. The van der Waals surface area contributed by atoms with E-state index in [0.29, 0.717) is 0 Å². The highest BCUT2D eigenvalue weighted by Crippen LogP contribution is 2.25. The Kier molecular flexibility index (Phi) is 6.89. The Labute approximate surface area is 169 Å². The fraction of sp³-hybridized carbons (Fsp3) is 0.200. The average Bonchev–Trinajstić information content (AvgIpc) is 2.61. The first-order valence-corrected chi connectivity index (χ1v) is 9.37. The van der Waals surface area contributed by atoms with E-state index in [-0.39, 0.29) is 0 Å². The number of benzene rings is 2. The molecule has 0 radical (unpaired) electrons. The molecule has 0 aliphatic rings. The molecular formula is C25H31N3. The minimum absolute atomic E-state index is 0.730. The number of para-hydroxylation sites is 1. The number of anilines is 1. The number of aryl methyl sites for hydroxylation is 4. The Balaban J connectivity index is 2.22. The lowest BCUT2D eigenvalue weighted by atomic mass is 9.97. The third kappa shape index (κ3) is 4.95. The summed E-state index contributed by atoms with van der Waals surface area (Å²) >= 11 is 0. The van der Waals surface area contributed by atoms with E-state index < -0.39 is 0 Å². The normalized spacial score (nSPS) is 11.0. The first kappa shape index (κ1) is 21.1. The van der Waals surface area contributed by atoms with Crippen LogP contribution in [0.5, 0.6) is 0 Å². The third-order valence-electron chi connectivity index (χ3n) is 4.67. The Morgan fingerprint density at radius 3 is 2.07 bits per heavy atom. The molecule has 2 aromatic carbocycles. The van der Waals surface area contributed by atoms with Gasteiger partial charge in [0.15, 0.2) is 0 Å². The molecule has 0 atom stereocenters. The van der Waals surface area contributed by atoms with E-state index in [1.165, 1.54) is 16.7 Å². The zero-order chi connectivity index (χ0) is 20.8. The van der Waals surface area contributed by atoms with Gasteiger partial charge in [0, 0.05) is 41.5 Å². The van der Waals surface area contributed by atoms with Gasteiger partial charge < -0.3 is 16.0 Å². The van der Waals surface area contributed by atoms with Crippen molar-refractivity contribution in [1.82, 2.24) is 10.6 Å². The monoisotopic (exact) mass is 373 g/mol. The summed E-state index contributed by atoms with van der Waals surface area (Å²) in [6.07, 6.45) is 1.87. The molecule has 0 amide bonds. The van der Waals surface area contributed by atoms with Crippen LogP contribution in [0.15, 0.2) is 79.3 Å². The summed E-state index contributed by atoms with van der Waals surface area (Å²) in [6, 6.07) is 12.4. The van der Waals surface area contributed by atoms with Gasteiger partial charge in [0.2, 0.25) is 0 Å². The van der Waals surface area contributed by atoms with Gasteiger partial charge in [0.05, 0.1) is 5.70 Å². The number of nitrogens with one attached hydrogen (secondary N) is 3. The highest BCUT2D eigenvalue weighted by atomic mass is 15.0. The van der Waals surface area contributed by atoms with Crippen LogP contribution in [0, 0.1) is 27.7 Å². The van der Waals surface area contributed by atoms with Crippen LogP contribution in [-0.4, -0.2) is 7.05 Å². The van der Waals surface area contributed by atoms with Gasteiger partial charge in [-0.2, -0.15) is 0 Å². The SMILES string of the molecule is C=C(Nc1ccccc1C)C(=C)/C(=C\NC)NC(=C)c1c(C)cc(C)cc1C. The number of rotatable bonds is 8. The molecule has 0 fully saturated rings. The highest BCUT2D eigenvalue weighted by molar-refractivity contribution is 5.71. The molecule has 3 N–H and O–H groups in total. The van der Waals surface area contributed by atoms with Crippen molar-refractivity contribution < 1.29 is 0 Å². The first-order valence-electron chi connectivity index (χ1n) is 9.37. The molecule has 0 saturated heterocycles. The van der Waals surface area contributed by atoms with Gasteiger partial charge in [-0.3, -0.25) is 0 Å². The van der Waals surface area contributed by atoms with E-state index in [1.54, 1.807) is 0 Å². The smallest absolute Gasteiger partial charge is 0.0632 e. The van der Waals surface area contributed by atoms with Crippen molar-refractivity contribution in [2.45, 2.75) is 27.7 Å². The molecular weight excluding hydrogens is 342 g/mol. The predicted molar refractivity (Wildman–Crippen MR) is 123 cm³/mol. The molecule has 0 saturated carbocycles. The second kappa shape index (κ2) is 9.14. The molecule has 0 unspecified atom stereocenters. The van der Waals surface area contributed by atoms with Crippen molar-refractivity contribution in [2.24, 2.45) is 0 Å². The Hall–Kier alpha value is -3.20. The third-order valence-corrected chi connectivity index (χ3v) is 4.67. The summed E-state index contributed by atoms with van der Waals surface area (Å²) in [5.41, 5.74) is 10.1. The van der Waals surface area contributed by atoms with E-state index >= 15 is 0 Å². The average molecular weight is 374 g/mol. The van der Waals surface area contributed by atoms with E-state index in [4.69, 9.17) is 0 Å². The zero-order valence-corrected chi connectivity index (χ0v) is 17.7. The minimum Gasteiger partial charge on any atom is -0.392 e. The summed E-state index contributed by atoms with van der Waals surface area (Å²) in [5.74, 6) is 0. The van der Waals surface area contributed by atoms with Crippen molar-refractivity contribution in [3.63, 3.8) is 0 Å². The molecule has 3 nitrogen and oxygen atoms in total. The van der Waals surface area contributed by atoms with Crippen LogP contribution in [0.1, 0.15) is 27.8 Å². The Bertz CT molecular complexity index is 925. The van der Waals surface area contributed by atoms with E-state index in [0.717, 1.165) is 39.5 Å². The number of hydrogen-bond acceptors (Lipinski definition) is 3. The fourth-order valence-corrected chi connectivity index (χ4v) is 3.34. The van der Waals surface area contributed by atoms with Gasteiger partial charge in [-0.15, -0.1) is 0 Å². The lowest BCUT2D eigenvalue weighted by Crippen LogP contribution is -2.19. The van der Waals surface area contributed by atoms with E-state index in [1.807, 2.05) is 31.4 Å². The van der Waals surface area contributed by atoms with Crippen LogP contribution in [0.25, 0.3) is 5.70 Å². The lowest BCUT2D eigenvalue weighted by Gasteiger charge is -2.21. The largest absolute Gasteiger partial charge is 0.392 e. The summed E-state index contributed by atoms with van der Waals surface area (Å²) < 4.78 is 0. The van der Waals surface area contributed by atoms with Gasteiger partial charge in [-0.25, -0.2) is 0 Å². The zero-order valence-electron chi connectivity index (χ0n) is 17.7. The maximum atomic E-state index is 4.27. The molecule has 3 heteroatoms. The van der Waals surface area contributed by atoms with Gasteiger partial charge in [0.25, 0.3) is 0 Å². The van der Waals surface area contributed by atoms with Gasteiger partial charge in [-0.05, 0) is 50.5 Å². The standard InChI is InChI=1S/C25H31N3/c1-16-13-18(3)25(19(4)14-16)22(7)28-24(15-26-8)20(5)21(6)27-23-12-10-9-11-17(23)2/h9-15,26-28H,5-7H2,1-4,8H3/b24-15+. The van der Waals surface area contributed by atoms with Crippen molar-refractivity contribution >= 4 is 11.4 Å². The Morgan fingerprint density at radius 1 is 0.893 bits per heavy atom. The maximum Gasteiger partial charge on any atom is 0.0632 e. The molecule has 2 rings (SSSR count). The number of hydrogen-bond donors (Lipinski definition) is 3. The van der Waals surface area contributed by atoms with E-state index in [9.17, 15) is 0 Å². The summed E-state index contributed by atoms with van der Waals surface area (Å²) in [7, 11) is 1.86. The van der Waals surface area contributed by atoms with Gasteiger partial charge >= 0.3 is 0 Å². The van der Waals surface area contributed by atoms with Crippen molar-refractivity contribution in [1.29, 1.82) is 0 Å². The van der Waals surface area contributed by atoms with Crippen LogP contribution in [-0.2, 0) is 0 Å². The highest BCUT2D eigenvalue weighted by Gasteiger charge is 2.13. The first-order chi connectivity index (χ1) is 13.2. The topological polar surface area (TPSA) is 36.1 Å². The lowest BCUT2D eigenvalue weighted by molar-refractivity contribution is 1.01.